The highest BCUT2D eigenvalue weighted by atomic mass is 16.5. The van der Waals surface area contributed by atoms with E-state index >= 15 is 0 Å². The van der Waals surface area contributed by atoms with E-state index in [-0.39, 0.29) is 12.1 Å². The Bertz CT molecular complexity index is 447. The summed E-state index contributed by atoms with van der Waals surface area (Å²) in [5, 5.41) is 0. The molecule has 1 aromatic carbocycles. The van der Waals surface area contributed by atoms with E-state index in [0.717, 1.165) is 44.6 Å². The standard InChI is InChI=1S/C17H25NO2/c18-15-4-2-1-3-5-17(15)20-10-8-13-6-7-16-14(12-13)9-11-19-16/h6-7,12,15,17H,1-5,8-11,18H2. The van der Waals surface area contributed by atoms with Gasteiger partial charge >= 0.3 is 0 Å². The van der Waals surface area contributed by atoms with Gasteiger partial charge in [-0.15, -0.1) is 0 Å². The minimum atomic E-state index is 0.228. The van der Waals surface area contributed by atoms with Crippen molar-refractivity contribution in [3.8, 4) is 5.75 Å². The number of hydrogen-bond donors (Lipinski definition) is 1. The summed E-state index contributed by atoms with van der Waals surface area (Å²) in [7, 11) is 0. The third-order valence-electron chi connectivity index (χ3n) is 4.48. The van der Waals surface area contributed by atoms with Crippen molar-refractivity contribution >= 4 is 0 Å². The van der Waals surface area contributed by atoms with Crippen molar-refractivity contribution in [2.45, 2.75) is 57.1 Å². The first-order valence-electron chi connectivity index (χ1n) is 7.95. The lowest BCUT2D eigenvalue weighted by Gasteiger charge is -2.21. The predicted octanol–water partition coefficient (Wildman–Crippen LogP) is 2.84. The first-order valence-corrected chi connectivity index (χ1v) is 7.95. The maximum absolute atomic E-state index is 6.19. The lowest BCUT2D eigenvalue weighted by atomic mass is 10.1. The third kappa shape index (κ3) is 3.33. The molecule has 0 spiro atoms. The molecule has 3 rings (SSSR count). The summed E-state index contributed by atoms with van der Waals surface area (Å²) >= 11 is 0. The van der Waals surface area contributed by atoms with Gasteiger partial charge in [-0.05, 0) is 36.5 Å². The van der Waals surface area contributed by atoms with Crippen LogP contribution in [-0.4, -0.2) is 25.4 Å². The van der Waals surface area contributed by atoms with Gasteiger partial charge in [0, 0.05) is 12.5 Å². The number of nitrogens with two attached hydrogens (primary N) is 1. The molecule has 0 bridgehead atoms. The highest BCUT2D eigenvalue weighted by Gasteiger charge is 2.20. The van der Waals surface area contributed by atoms with Crippen molar-refractivity contribution in [3.05, 3.63) is 29.3 Å². The number of benzene rings is 1. The van der Waals surface area contributed by atoms with Crippen molar-refractivity contribution in [3.63, 3.8) is 0 Å². The molecule has 0 amide bonds. The fourth-order valence-electron chi connectivity index (χ4n) is 3.23. The van der Waals surface area contributed by atoms with Crippen molar-refractivity contribution in [1.29, 1.82) is 0 Å². The Morgan fingerprint density at radius 2 is 2.10 bits per heavy atom. The van der Waals surface area contributed by atoms with E-state index in [1.165, 1.54) is 30.4 Å². The minimum absolute atomic E-state index is 0.228. The van der Waals surface area contributed by atoms with E-state index in [4.69, 9.17) is 15.2 Å². The average molecular weight is 275 g/mol. The molecule has 1 heterocycles. The monoisotopic (exact) mass is 275 g/mol. The molecule has 110 valence electrons. The van der Waals surface area contributed by atoms with Crippen LogP contribution in [0.25, 0.3) is 0 Å². The zero-order valence-corrected chi connectivity index (χ0v) is 12.1. The Labute approximate surface area is 121 Å². The predicted molar refractivity (Wildman–Crippen MR) is 80.1 cm³/mol. The van der Waals surface area contributed by atoms with Crippen LogP contribution in [0.15, 0.2) is 18.2 Å². The maximum Gasteiger partial charge on any atom is 0.122 e. The van der Waals surface area contributed by atoms with Crippen molar-refractivity contribution < 1.29 is 9.47 Å². The molecule has 1 aliphatic carbocycles. The molecule has 2 aliphatic rings. The Morgan fingerprint density at radius 3 is 3.05 bits per heavy atom. The Kier molecular flexibility index (Phi) is 4.58. The van der Waals surface area contributed by atoms with Crippen molar-refractivity contribution in [2.24, 2.45) is 5.73 Å². The van der Waals surface area contributed by atoms with Gasteiger partial charge in [-0.1, -0.05) is 31.4 Å². The summed E-state index contributed by atoms with van der Waals surface area (Å²) in [6.07, 6.45) is 8.32. The van der Waals surface area contributed by atoms with Gasteiger partial charge in [-0.25, -0.2) is 0 Å². The molecule has 2 N–H and O–H groups in total. The third-order valence-corrected chi connectivity index (χ3v) is 4.48. The van der Waals surface area contributed by atoms with Crippen LogP contribution >= 0.6 is 0 Å². The molecular formula is C17H25NO2. The van der Waals surface area contributed by atoms with Crippen LogP contribution < -0.4 is 10.5 Å². The van der Waals surface area contributed by atoms with Gasteiger partial charge in [-0.3, -0.25) is 0 Å². The van der Waals surface area contributed by atoms with Crippen LogP contribution in [0.3, 0.4) is 0 Å². The van der Waals surface area contributed by atoms with E-state index in [9.17, 15) is 0 Å². The van der Waals surface area contributed by atoms with E-state index in [2.05, 4.69) is 18.2 Å². The topological polar surface area (TPSA) is 44.5 Å². The second-order valence-corrected chi connectivity index (χ2v) is 6.00. The molecule has 3 heteroatoms. The molecule has 1 saturated carbocycles. The highest BCUT2D eigenvalue weighted by Crippen LogP contribution is 2.26. The first-order chi connectivity index (χ1) is 9.83. The molecule has 2 unspecified atom stereocenters. The first kappa shape index (κ1) is 13.9. The van der Waals surface area contributed by atoms with Gasteiger partial charge in [0.1, 0.15) is 5.75 Å². The maximum atomic E-state index is 6.19. The molecule has 1 fully saturated rings. The number of fused-ring (bicyclic) bond motifs is 1. The van der Waals surface area contributed by atoms with Gasteiger partial charge in [-0.2, -0.15) is 0 Å². The van der Waals surface area contributed by atoms with Gasteiger partial charge in [0.15, 0.2) is 0 Å². The zero-order valence-electron chi connectivity index (χ0n) is 12.1. The smallest absolute Gasteiger partial charge is 0.122 e. The Balaban J connectivity index is 1.49. The van der Waals surface area contributed by atoms with E-state index in [1.807, 2.05) is 0 Å². The van der Waals surface area contributed by atoms with Crippen LogP contribution in [0.2, 0.25) is 0 Å². The van der Waals surface area contributed by atoms with E-state index in [1.54, 1.807) is 0 Å². The highest BCUT2D eigenvalue weighted by molar-refractivity contribution is 5.39. The summed E-state index contributed by atoms with van der Waals surface area (Å²) in [5.41, 5.74) is 8.88. The van der Waals surface area contributed by atoms with Crippen LogP contribution in [0.1, 0.15) is 43.2 Å². The Morgan fingerprint density at radius 1 is 1.20 bits per heavy atom. The van der Waals surface area contributed by atoms with Gasteiger partial charge < -0.3 is 15.2 Å². The number of ether oxygens (including phenoxy) is 2. The number of hydrogen-bond acceptors (Lipinski definition) is 3. The SMILES string of the molecule is NC1CCCCCC1OCCc1ccc2c(c1)CCO2. The zero-order chi connectivity index (χ0) is 13.8. The fraction of sp³-hybridized carbons (Fsp3) is 0.647. The summed E-state index contributed by atoms with van der Waals surface area (Å²) in [4.78, 5) is 0. The minimum Gasteiger partial charge on any atom is -0.493 e. The second kappa shape index (κ2) is 6.59. The van der Waals surface area contributed by atoms with E-state index in [0.29, 0.717) is 0 Å². The number of rotatable bonds is 4. The molecule has 3 nitrogen and oxygen atoms in total. The summed E-state index contributed by atoms with van der Waals surface area (Å²) < 4.78 is 11.6. The molecule has 1 aromatic rings. The van der Waals surface area contributed by atoms with Gasteiger partial charge in [0.05, 0.1) is 19.3 Å². The summed E-state index contributed by atoms with van der Waals surface area (Å²) in [6.45, 7) is 1.60. The van der Waals surface area contributed by atoms with Crippen LogP contribution in [0.4, 0.5) is 0 Å². The lowest BCUT2D eigenvalue weighted by Crippen LogP contribution is -2.36. The summed E-state index contributed by atoms with van der Waals surface area (Å²) in [6, 6.07) is 6.74. The lowest BCUT2D eigenvalue weighted by molar-refractivity contribution is 0.0332. The van der Waals surface area contributed by atoms with Crippen molar-refractivity contribution in [1.82, 2.24) is 0 Å². The quantitative estimate of drug-likeness (QED) is 0.859. The molecule has 2 atom stereocenters. The summed E-state index contributed by atoms with van der Waals surface area (Å²) in [5.74, 6) is 1.06. The molecular weight excluding hydrogens is 250 g/mol. The van der Waals surface area contributed by atoms with Gasteiger partial charge in [0.25, 0.3) is 0 Å². The largest absolute Gasteiger partial charge is 0.493 e. The van der Waals surface area contributed by atoms with Gasteiger partial charge in [0.2, 0.25) is 0 Å². The Hall–Kier alpha value is -1.06. The van der Waals surface area contributed by atoms with Crippen LogP contribution in [0, 0.1) is 0 Å². The molecule has 0 radical (unpaired) electrons. The fourth-order valence-corrected chi connectivity index (χ4v) is 3.23. The van der Waals surface area contributed by atoms with Crippen LogP contribution in [-0.2, 0) is 17.6 Å². The van der Waals surface area contributed by atoms with E-state index < -0.39 is 0 Å². The average Bonchev–Trinajstić information content (AvgIpc) is 2.83. The molecule has 20 heavy (non-hydrogen) atoms. The molecule has 1 aliphatic heterocycles. The van der Waals surface area contributed by atoms with Crippen molar-refractivity contribution in [2.75, 3.05) is 13.2 Å². The second-order valence-electron chi connectivity index (χ2n) is 6.00. The molecule has 0 saturated heterocycles. The molecule has 0 aromatic heterocycles. The normalized spacial score (nSPS) is 25.9. The van der Waals surface area contributed by atoms with Crippen LogP contribution in [0.5, 0.6) is 5.75 Å².